The third-order valence-electron chi connectivity index (χ3n) is 5.68. The van der Waals surface area contributed by atoms with E-state index in [1.807, 2.05) is 48.7 Å². The quantitative estimate of drug-likeness (QED) is 0.314. The van der Waals surface area contributed by atoms with Crippen LogP contribution in [0.2, 0.25) is 0 Å². The van der Waals surface area contributed by atoms with Crippen LogP contribution in [-0.4, -0.2) is 44.5 Å². The fourth-order valence-corrected chi connectivity index (χ4v) is 4.15. The second kappa shape index (κ2) is 9.68. The molecule has 3 aromatic heterocycles. The molecule has 7 nitrogen and oxygen atoms in total. The third-order valence-corrected chi connectivity index (χ3v) is 6.24. The van der Waals surface area contributed by atoms with Crippen LogP contribution in [0.3, 0.4) is 0 Å². The Morgan fingerprint density at radius 2 is 1.66 bits per heavy atom. The number of benzene rings is 2. The van der Waals surface area contributed by atoms with E-state index >= 15 is 0 Å². The van der Waals surface area contributed by atoms with Gasteiger partial charge in [0.15, 0.2) is 5.65 Å². The number of anilines is 1. The summed E-state index contributed by atoms with van der Waals surface area (Å²) in [5.74, 6) is 0.831. The van der Waals surface area contributed by atoms with E-state index in [-0.39, 0.29) is 5.91 Å². The van der Waals surface area contributed by atoms with Crippen LogP contribution < -0.4 is 5.32 Å². The van der Waals surface area contributed by atoms with E-state index in [9.17, 15) is 4.79 Å². The van der Waals surface area contributed by atoms with E-state index < -0.39 is 0 Å². The van der Waals surface area contributed by atoms with Gasteiger partial charge in [-0.1, -0.05) is 42.5 Å². The lowest BCUT2D eigenvalue weighted by Crippen LogP contribution is -2.21. The summed E-state index contributed by atoms with van der Waals surface area (Å²) in [6.45, 7) is 0.620. The maximum absolute atomic E-state index is 12.1. The molecule has 0 atom stereocenters. The maximum atomic E-state index is 12.1. The number of hydrogen-bond donors (Lipinski definition) is 1. The molecule has 0 spiro atoms. The molecule has 0 radical (unpaired) electrons. The van der Waals surface area contributed by atoms with E-state index in [0.29, 0.717) is 12.1 Å². The molecule has 0 unspecified atom stereocenters. The number of hydrogen-bond acceptors (Lipinski definition) is 5. The summed E-state index contributed by atoms with van der Waals surface area (Å²) in [6, 6.07) is 21.9. The van der Waals surface area contributed by atoms with Crippen molar-refractivity contribution < 1.29 is 4.79 Å². The number of nitrogens with one attached hydrogen (secondary N) is 1. The molecule has 0 bridgehead atoms. The summed E-state index contributed by atoms with van der Waals surface area (Å²) in [4.78, 5) is 22.7. The summed E-state index contributed by atoms with van der Waals surface area (Å²) in [6.07, 6.45) is 5.35. The van der Waals surface area contributed by atoms with Crippen LogP contribution in [0.25, 0.3) is 28.0 Å². The zero-order valence-corrected chi connectivity index (χ0v) is 20.9. The molecular formula is C27H23BrN6O. The van der Waals surface area contributed by atoms with Crippen LogP contribution in [0.15, 0.2) is 89.8 Å². The Hall–Kier alpha value is -4.04. The lowest BCUT2D eigenvalue weighted by atomic mass is 10.0. The van der Waals surface area contributed by atoms with Crippen molar-refractivity contribution in [3.05, 3.63) is 101 Å². The third kappa shape index (κ3) is 4.79. The van der Waals surface area contributed by atoms with Gasteiger partial charge in [0, 0.05) is 50.2 Å². The Morgan fingerprint density at radius 1 is 0.971 bits per heavy atom. The molecule has 174 valence electrons. The summed E-state index contributed by atoms with van der Waals surface area (Å²) in [7, 11) is 3.51. The number of carbonyl (C=O) groups excluding carboxylic acids is 1. The zero-order valence-electron chi connectivity index (χ0n) is 19.3. The normalized spacial score (nSPS) is 10.9. The molecule has 0 saturated carbocycles. The summed E-state index contributed by atoms with van der Waals surface area (Å²) in [5, 5.41) is 7.91. The van der Waals surface area contributed by atoms with Gasteiger partial charge in [0.05, 0.1) is 16.4 Å². The minimum atomic E-state index is -0.00709. The van der Waals surface area contributed by atoms with Gasteiger partial charge >= 0.3 is 0 Å². The van der Waals surface area contributed by atoms with Crippen molar-refractivity contribution in [2.45, 2.75) is 6.54 Å². The minimum Gasteiger partial charge on any atom is -0.366 e. The molecule has 1 amide bonds. The van der Waals surface area contributed by atoms with Gasteiger partial charge in [0.25, 0.3) is 5.91 Å². The number of aromatic nitrogens is 4. The highest BCUT2D eigenvalue weighted by Gasteiger charge is 2.12. The van der Waals surface area contributed by atoms with Crippen molar-refractivity contribution in [1.82, 2.24) is 24.5 Å². The molecule has 0 aliphatic rings. The van der Waals surface area contributed by atoms with Crippen LogP contribution >= 0.6 is 15.9 Å². The van der Waals surface area contributed by atoms with E-state index in [4.69, 9.17) is 4.98 Å². The van der Waals surface area contributed by atoms with E-state index in [1.165, 1.54) is 0 Å². The number of nitrogens with zero attached hydrogens (tertiary/aromatic N) is 5. The van der Waals surface area contributed by atoms with Gasteiger partial charge in [-0.3, -0.25) is 9.78 Å². The van der Waals surface area contributed by atoms with E-state index in [2.05, 4.69) is 55.6 Å². The zero-order chi connectivity index (χ0) is 24.4. The Bertz CT molecular complexity index is 1480. The van der Waals surface area contributed by atoms with Gasteiger partial charge in [-0.25, -0.2) is 4.98 Å². The molecule has 2 aromatic carbocycles. The number of fused-ring (bicyclic) bond motifs is 1. The van der Waals surface area contributed by atoms with Crippen LogP contribution in [0.4, 0.5) is 5.82 Å². The molecular weight excluding hydrogens is 504 g/mol. The first-order valence-corrected chi connectivity index (χ1v) is 11.9. The van der Waals surface area contributed by atoms with Gasteiger partial charge < -0.3 is 10.2 Å². The molecule has 1 N–H and O–H groups in total. The van der Waals surface area contributed by atoms with Gasteiger partial charge in [-0.2, -0.15) is 9.61 Å². The summed E-state index contributed by atoms with van der Waals surface area (Å²) in [5.41, 5.74) is 6.44. The minimum absolute atomic E-state index is 0.00709. The largest absolute Gasteiger partial charge is 0.366 e. The monoisotopic (exact) mass is 526 g/mol. The highest BCUT2D eigenvalue weighted by Crippen LogP contribution is 2.28. The number of rotatable bonds is 6. The van der Waals surface area contributed by atoms with Gasteiger partial charge in [0.2, 0.25) is 0 Å². The fourth-order valence-electron chi connectivity index (χ4n) is 3.80. The molecule has 5 rings (SSSR count). The molecule has 0 fully saturated rings. The number of halogens is 1. The smallest absolute Gasteiger partial charge is 0.253 e. The lowest BCUT2D eigenvalue weighted by molar-refractivity contribution is 0.0827. The number of pyridine rings is 1. The standard InChI is InChI=1S/C27H23BrN6O/c1-33(2)27(35)22-11-7-20(8-12-22)19-5-9-21(10-6-19)24-14-25(30-16-18-4-3-13-29-15-18)34-26(32-24)23(28)17-31-34/h3-15,17,30H,16H2,1-2H3. The highest BCUT2D eigenvalue weighted by molar-refractivity contribution is 9.10. The summed E-state index contributed by atoms with van der Waals surface area (Å²) >= 11 is 3.56. The average Bonchev–Trinajstić information content (AvgIpc) is 3.28. The average molecular weight is 527 g/mol. The molecule has 0 aliphatic heterocycles. The Morgan fingerprint density at radius 3 is 2.31 bits per heavy atom. The van der Waals surface area contributed by atoms with Crippen molar-refractivity contribution in [1.29, 1.82) is 0 Å². The number of carbonyl (C=O) groups is 1. The maximum Gasteiger partial charge on any atom is 0.253 e. The first-order chi connectivity index (χ1) is 17.0. The van der Waals surface area contributed by atoms with Crippen molar-refractivity contribution in [2.24, 2.45) is 0 Å². The van der Waals surface area contributed by atoms with Gasteiger partial charge in [-0.05, 0) is 50.8 Å². The molecule has 0 aliphatic carbocycles. The molecule has 0 saturated heterocycles. The van der Waals surface area contributed by atoms with Crippen LogP contribution in [0, 0.1) is 0 Å². The van der Waals surface area contributed by atoms with Crippen LogP contribution in [-0.2, 0) is 6.54 Å². The predicted molar refractivity (Wildman–Crippen MR) is 141 cm³/mol. The molecule has 3 heterocycles. The lowest BCUT2D eigenvalue weighted by Gasteiger charge is -2.12. The Balaban J connectivity index is 1.43. The predicted octanol–water partition coefficient (Wildman–Crippen LogP) is 5.53. The van der Waals surface area contributed by atoms with E-state index in [0.717, 1.165) is 43.9 Å². The second-order valence-corrected chi connectivity index (χ2v) is 9.18. The molecule has 8 heteroatoms. The second-order valence-electron chi connectivity index (χ2n) is 8.32. The number of amides is 1. The first kappa shape index (κ1) is 22.7. The topological polar surface area (TPSA) is 75.4 Å². The van der Waals surface area contributed by atoms with Crippen LogP contribution in [0.5, 0.6) is 0 Å². The Kier molecular flexibility index (Phi) is 6.29. The molecule has 35 heavy (non-hydrogen) atoms. The SMILES string of the molecule is CN(C)C(=O)c1ccc(-c2ccc(-c3cc(NCc4cccnc4)n4ncc(Br)c4n3)cc2)cc1. The highest BCUT2D eigenvalue weighted by atomic mass is 79.9. The van der Waals surface area contributed by atoms with Crippen molar-refractivity contribution >= 4 is 33.3 Å². The van der Waals surface area contributed by atoms with Crippen LogP contribution in [0.1, 0.15) is 15.9 Å². The fraction of sp³-hybridized carbons (Fsp3) is 0.111. The van der Waals surface area contributed by atoms with Crippen molar-refractivity contribution in [2.75, 3.05) is 19.4 Å². The Labute approximate surface area is 211 Å². The van der Waals surface area contributed by atoms with E-state index in [1.54, 1.807) is 35.9 Å². The molecule has 5 aromatic rings. The van der Waals surface area contributed by atoms with Crippen molar-refractivity contribution in [3.63, 3.8) is 0 Å². The van der Waals surface area contributed by atoms with Crippen molar-refractivity contribution in [3.8, 4) is 22.4 Å². The van der Waals surface area contributed by atoms with Gasteiger partial charge in [0.1, 0.15) is 5.82 Å². The van der Waals surface area contributed by atoms with Gasteiger partial charge in [-0.15, -0.1) is 0 Å². The summed E-state index contributed by atoms with van der Waals surface area (Å²) < 4.78 is 2.61. The first-order valence-electron chi connectivity index (χ1n) is 11.1.